The SMILES string of the molecule is CC(=O)CCC1=C(C)[C@H](O[C@@H]2O[C@H](CO)[C@@H](O)[C@H](O)[C@H]2O)[C@@H](O)CC1(C)C. The maximum Gasteiger partial charge on any atom is 0.187 e. The standard InChI is InChI=1S/C19H32O8/c1-9(21)5-6-11-10(2)17(12(22)7-19(11,3)4)27-18-16(25)15(24)14(23)13(8-20)26-18/h12-18,20,22-25H,5-8H2,1-4H3/t12-,13+,14+,15-,16+,17-,18-/m0/s1. The van der Waals surface area contributed by atoms with Crippen LogP contribution in [-0.4, -0.2) is 80.8 Å². The van der Waals surface area contributed by atoms with Crippen LogP contribution < -0.4 is 0 Å². The molecule has 1 fully saturated rings. The van der Waals surface area contributed by atoms with Gasteiger partial charge in [0.25, 0.3) is 0 Å². The Morgan fingerprint density at radius 2 is 1.81 bits per heavy atom. The Bertz CT molecular complexity index is 570. The Morgan fingerprint density at radius 1 is 1.19 bits per heavy atom. The van der Waals surface area contributed by atoms with Crippen LogP contribution in [0.5, 0.6) is 0 Å². The Labute approximate surface area is 159 Å². The predicted molar refractivity (Wildman–Crippen MR) is 95.7 cm³/mol. The normalized spacial score (nSPS) is 39.5. The molecule has 8 heteroatoms. The summed E-state index contributed by atoms with van der Waals surface area (Å²) in [5.74, 6) is 0.0728. The number of aliphatic hydroxyl groups excluding tert-OH is 5. The molecule has 0 saturated carbocycles. The van der Waals surface area contributed by atoms with E-state index in [9.17, 15) is 30.3 Å². The van der Waals surface area contributed by atoms with Crippen LogP contribution in [0.4, 0.5) is 0 Å². The highest BCUT2D eigenvalue weighted by molar-refractivity contribution is 5.75. The average Bonchev–Trinajstić information content (AvgIpc) is 2.57. The highest BCUT2D eigenvalue weighted by Gasteiger charge is 2.47. The zero-order valence-electron chi connectivity index (χ0n) is 16.3. The highest BCUT2D eigenvalue weighted by Crippen LogP contribution is 2.44. The van der Waals surface area contributed by atoms with Crippen molar-refractivity contribution in [3.8, 4) is 0 Å². The van der Waals surface area contributed by atoms with Crippen molar-refractivity contribution >= 4 is 5.78 Å². The molecule has 2 rings (SSSR count). The van der Waals surface area contributed by atoms with Crippen LogP contribution in [-0.2, 0) is 14.3 Å². The third-order valence-corrected chi connectivity index (χ3v) is 5.64. The quantitative estimate of drug-likeness (QED) is 0.390. The zero-order valence-corrected chi connectivity index (χ0v) is 16.3. The molecule has 1 saturated heterocycles. The van der Waals surface area contributed by atoms with Gasteiger partial charge in [-0.15, -0.1) is 0 Å². The molecule has 0 aromatic rings. The van der Waals surface area contributed by atoms with Crippen molar-refractivity contribution in [3.63, 3.8) is 0 Å². The molecule has 1 aliphatic carbocycles. The number of ketones is 1. The van der Waals surface area contributed by atoms with E-state index in [0.717, 1.165) is 11.1 Å². The summed E-state index contributed by atoms with van der Waals surface area (Å²) in [4.78, 5) is 11.4. The van der Waals surface area contributed by atoms with Crippen molar-refractivity contribution in [1.29, 1.82) is 0 Å². The fraction of sp³-hybridized carbons (Fsp3) is 0.842. The van der Waals surface area contributed by atoms with Crippen molar-refractivity contribution in [1.82, 2.24) is 0 Å². The van der Waals surface area contributed by atoms with Crippen LogP contribution >= 0.6 is 0 Å². The Balaban J connectivity index is 2.25. The van der Waals surface area contributed by atoms with Crippen LogP contribution in [0.1, 0.15) is 47.0 Å². The fourth-order valence-electron chi connectivity index (χ4n) is 4.10. The van der Waals surface area contributed by atoms with E-state index < -0.39 is 49.5 Å². The van der Waals surface area contributed by atoms with Crippen molar-refractivity contribution in [2.24, 2.45) is 5.41 Å². The molecule has 5 N–H and O–H groups in total. The van der Waals surface area contributed by atoms with E-state index >= 15 is 0 Å². The third-order valence-electron chi connectivity index (χ3n) is 5.64. The number of carbonyl (C=O) groups excluding carboxylic acids is 1. The van der Waals surface area contributed by atoms with Crippen LogP contribution in [0.2, 0.25) is 0 Å². The van der Waals surface area contributed by atoms with Gasteiger partial charge in [0.05, 0.1) is 12.7 Å². The highest BCUT2D eigenvalue weighted by atomic mass is 16.7. The molecule has 0 amide bonds. The van der Waals surface area contributed by atoms with Crippen LogP contribution in [0.25, 0.3) is 0 Å². The predicted octanol–water partition coefficient (Wildman–Crippen LogP) is -0.352. The molecule has 8 nitrogen and oxygen atoms in total. The smallest absolute Gasteiger partial charge is 0.187 e. The first-order valence-corrected chi connectivity index (χ1v) is 9.33. The van der Waals surface area contributed by atoms with E-state index in [1.807, 2.05) is 20.8 Å². The number of hydrogen-bond acceptors (Lipinski definition) is 8. The lowest BCUT2D eigenvalue weighted by Gasteiger charge is -2.45. The third kappa shape index (κ3) is 4.76. The van der Waals surface area contributed by atoms with E-state index in [1.54, 1.807) is 0 Å². The topological polar surface area (TPSA) is 137 Å². The lowest BCUT2D eigenvalue weighted by molar-refractivity contribution is -0.314. The number of allylic oxidation sites excluding steroid dienone is 1. The minimum atomic E-state index is -1.54. The van der Waals surface area contributed by atoms with Gasteiger partial charge >= 0.3 is 0 Å². The van der Waals surface area contributed by atoms with E-state index in [1.165, 1.54) is 6.92 Å². The Hall–Kier alpha value is -0.870. The summed E-state index contributed by atoms with van der Waals surface area (Å²) in [7, 11) is 0. The molecule has 0 bridgehead atoms. The number of Topliss-reactive ketones (excluding diaryl/α,β-unsaturated/α-hetero) is 1. The van der Waals surface area contributed by atoms with Gasteiger partial charge in [0.15, 0.2) is 6.29 Å². The second kappa shape index (κ2) is 8.65. The van der Waals surface area contributed by atoms with Crippen molar-refractivity contribution in [2.75, 3.05) is 6.61 Å². The first-order valence-electron chi connectivity index (χ1n) is 9.33. The minimum absolute atomic E-state index is 0.0728. The number of rotatable bonds is 6. The summed E-state index contributed by atoms with van der Waals surface area (Å²) in [6.45, 7) is 6.79. The van der Waals surface area contributed by atoms with Gasteiger partial charge in [-0.25, -0.2) is 0 Å². The molecular weight excluding hydrogens is 356 g/mol. The number of aliphatic hydroxyl groups is 5. The van der Waals surface area contributed by atoms with Crippen LogP contribution in [0.3, 0.4) is 0 Å². The summed E-state index contributed by atoms with van der Waals surface area (Å²) in [5.41, 5.74) is 1.46. The maximum atomic E-state index is 11.4. The molecule has 0 aromatic heterocycles. The van der Waals surface area contributed by atoms with Gasteiger partial charge in [0.1, 0.15) is 36.3 Å². The second-order valence-electron chi connectivity index (χ2n) is 8.27. The van der Waals surface area contributed by atoms with Gasteiger partial charge in [0, 0.05) is 6.42 Å². The van der Waals surface area contributed by atoms with Gasteiger partial charge in [-0.1, -0.05) is 19.4 Å². The summed E-state index contributed by atoms with van der Waals surface area (Å²) in [6.07, 6.45) is -7.25. The number of ether oxygens (including phenoxy) is 2. The first-order chi connectivity index (χ1) is 12.5. The molecule has 7 atom stereocenters. The van der Waals surface area contributed by atoms with Crippen molar-refractivity contribution < 1.29 is 39.8 Å². The van der Waals surface area contributed by atoms with Crippen molar-refractivity contribution in [2.45, 2.75) is 89.9 Å². The van der Waals surface area contributed by atoms with E-state index in [0.29, 0.717) is 19.3 Å². The molecule has 0 unspecified atom stereocenters. The monoisotopic (exact) mass is 388 g/mol. The number of carbonyl (C=O) groups is 1. The van der Waals surface area contributed by atoms with E-state index in [2.05, 4.69) is 0 Å². The summed E-state index contributed by atoms with van der Waals surface area (Å²) >= 11 is 0. The molecule has 2 aliphatic rings. The summed E-state index contributed by atoms with van der Waals surface area (Å²) < 4.78 is 11.2. The fourth-order valence-corrected chi connectivity index (χ4v) is 4.10. The van der Waals surface area contributed by atoms with Gasteiger partial charge in [-0.05, 0) is 37.7 Å². The van der Waals surface area contributed by atoms with Crippen LogP contribution in [0, 0.1) is 5.41 Å². The maximum absolute atomic E-state index is 11.4. The molecule has 156 valence electrons. The number of hydrogen-bond donors (Lipinski definition) is 5. The summed E-state index contributed by atoms with van der Waals surface area (Å²) in [5, 5.41) is 49.9. The molecular formula is C19H32O8. The minimum Gasteiger partial charge on any atom is -0.394 e. The van der Waals surface area contributed by atoms with Crippen LogP contribution in [0.15, 0.2) is 11.1 Å². The Morgan fingerprint density at radius 3 is 2.37 bits per heavy atom. The van der Waals surface area contributed by atoms with Gasteiger partial charge in [-0.2, -0.15) is 0 Å². The van der Waals surface area contributed by atoms with Gasteiger partial charge in [-0.3, -0.25) is 0 Å². The molecule has 1 heterocycles. The van der Waals surface area contributed by atoms with Crippen molar-refractivity contribution in [3.05, 3.63) is 11.1 Å². The summed E-state index contributed by atoms with van der Waals surface area (Å²) in [6, 6.07) is 0. The molecule has 0 aromatic carbocycles. The molecule has 1 aliphatic heterocycles. The molecule has 0 spiro atoms. The van der Waals surface area contributed by atoms with E-state index in [4.69, 9.17) is 9.47 Å². The lowest BCUT2D eigenvalue weighted by atomic mass is 9.69. The average molecular weight is 388 g/mol. The Kier molecular flexibility index (Phi) is 7.18. The molecule has 27 heavy (non-hydrogen) atoms. The van der Waals surface area contributed by atoms with E-state index in [-0.39, 0.29) is 11.2 Å². The zero-order chi connectivity index (χ0) is 20.5. The van der Waals surface area contributed by atoms with Gasteiger partial charge < -0.3 is 39.8 Å². The van der Waals surface area contributed by atoms with Gasteiger partial charge in [0.2, 0.25) is 0 Å². The lowest BCUT2D eigenvalue weighted by Crippen LogP contribution is -2.60. The molecule has 0 radical (unpaired) electrons. The largest absolute Gasteiger partial charge is 0.394 e. The first kappa shape index (κ1) is 22.4. The second-order valence-corrected chi connectivity index (χ2v) is 8.27.